The summed E-state index contributed by atoms with van der Waals surface area (Å²) < 4.78 is 22.8. The quantitative estimate of drug-likeness (QED) is 0.594. The Morgan fingerprint density at radius 2 is 1.81 bits per heavy atom. The van der Waals surface area contributed by atoms with Crippen molar-refractivity contribution in [3.63, 3.8) is 0 Å². The normalized spacial score (nSPS) is 21.9. The zero-order valence-corrected chi connectivity index (χ0v) is 20.5. The predicted molar refractivity (Wildman–Crippen MR) is 136 cm³/mol. The van der Waals surface area contributed by atoms with Crippen LogP contribution in [0.3, 0.4) is 0 Å². The van der Waals surface area contributed by atoms with E-state index < -0.39 is 19.1 Å². The largest absolute Gasteiger partial charge is 0.636 e. The summed E-state index contributed by atoms with van der Waals surface area (Å²) in [6.45, 7) is 6.22. The van der Waals surface area contributed by atoms with Gasteiger partial charge in [0.05, 0.1) is 13.1 Å². The van der Waals surface area contributed by atoms with Crippen molar-refractivity contribution in [3.05, 3.63) is 84.3 Å². The monoisotopic (exact) mass is 488 g/mol. The molecule has 1 aromatic heterocycles. The van der Waals surface area contributed by atoms with Crippen molar-refractivity contribution < 1.29 is 28.4 Å². The lowest BCUT2D eigenvalue weighted by Crippen LogP contribution is -2.47. The topological polar surface area (TPSA) is 87.2 Å². The molecule has 36 heavy (non-hydrogen) atoms. The molecule has 9 heteroatoms. The molecule has 1 aliphatic heterocycles. The van der Waals surface area contributed by atoms with Crippen LogP contribution in [0.5, 0.6) is 11.6 Å². The molecule has 1 atom stereocenters. The van der Waals surface area contributed by atoms with Gasteiger partial charge in [-0.15, -0.1) is 0 Å². The van der Waals surface area contributed by atoms with Crippen LogP contribution in [0.25, 0.3) is 0 Å². The van der Waals surface area contributed by atoms with E-state index in [9.17, 15) is 9.59 Å². The van der Waals surface area contributed by atoms with E-state index in [-0.39, 0.29) is 19.2 Å². The van der Waals surface area contributed by atoms with Crippen LogP contribution in [-0.2, 0) is 18.9 Å². The summed E-state index contributed by atoms with van der Waals surface area (Å²) in [5, 5.41) is 0. The molecule has 1 saturated heterocycles. The fourth-order valence-electron chi connectivity index (χ4n) is 3.79. The van der Waals surface area contributed by atoms with Crippen LogP contribution in [0.4, 0.5) is 0 Å². The Balaban J connectivity index is 1.35. The second-order valence-corrected chi connectivity index (χ2v) is 8.91. The van der Waals surface area contributed by atoms with Crippen LogP contribution in [0, 0.1) is 6.92 Å². The summed E-state index contributed by atoms with van der Waals surface area (Å²) in [7, 11) is 0.582. The van der Waals surface area contributed by atoms with Crippen molar-refractivity contribution in [1.82, 2.24) is 9.88 Å². The lowest BCUT2D eigenvalue weighted by Gasteiger charge is -2.23. The van der Waals surface area contributed by atoms with Crippen molar-refractivity contribution in [2.45, 2.75) is 32.3 Å². The van der Waals surface area contributed by atoms with Gasteiger partial charge < -0.3 is 18.8 Å². The van der Waals surface area contributed by atoms with Gasteiger partial charge in [-0.05, 0) is 56.2 Å². The Labute approximate surface area is 211 Å². The predicted octanol–water partition coefficient (Wildman–Crippen LogP) is 3.12. The number of nitrogens with zero attached hydrogens (tertiary/aromatic N) is 2. The summed E-state index contributed by atoms with van der Waals surface area (Å²) >= 11 is 0. The number of carbonyl (C=O) groups excluding carboxylic acids is 2. The number of likely N-dealkylation sites (N-methyl/N-ethyl adjacent to an activating group) is 1. The number of aryl methyl sites for hydroxylation is 1. The second kappa shape index (κ2) is 11.7. The number of carbonyl (C=O) groups is 2. The average molecular weight is 488 g/mol. The highest BCUT2D eigenvalue weighted by Gasteiger charge is 2.33. The molecule has 0 N–H and O–H groups in total. The third kappa shape index (κ3) is 7.08. The zero-order chi connectivity index (χ0) is 25.5. The van der Waals surface area contributed by atoms with Gasteiger partial charge in [0, 0.05) is 24.1 Å². The van der Waals surface area contributed by atoms with Crippen molar-refractivity contribution in [2.75, 3.05) is 20.1 Å². The molecule has 1 fully saturated rings. The molecule has 2 heterocycles. The van der Waals surface area contributed by atoms with Gasteiger partial charge in [-0.3, -0.25) is 14.5 Å². The Hall–Kier alpha value is -3.85. The Bertz CT molecular complexity index is 1140. The lowest BCUT2D eigenvalue weighted by atomic mass is 9.78. The van der Waals surface area contributed by atoms with Gasteiger partial charge in [0.2, 0.25) is 5.88 Å². The number of hydrogen-bond acceptors (Lipinski definition) is 8. The molecule has 2 aromatic rings. The average Bonchev–Trinajstić information content (AvgIpc) is 2.91. The van der Waals surface area contributed by atoms with E-state index in [4.69, 9.17) is 18.8 Å². The molecule has 186 valence electrons. The number of pyridine rings is 1. The maximum Gasteiger partial charge on any atom is 0.636 e. The molecular formula is C27H29BN2O6. The first-order chi connectivity index (χ1) is 17.4. The zero-order valence-electron chi connectivity index (χ0n) is 20.5. The molecule has 1 aliphatic carbocycles. The third-order valence-electron chi connectivity index (χ3n) is 5.73. The summed E-state index contributed by atoms with van der Waals surface area (Å²) in [6.07, 6.45) is 9.73. The highest BCUT2D eigenvalue weighted by atomic mass is 16.6. The van der Waals surface area contributed by atoms with Crippen LogP contribution in [-0.4, -0.2) is 55.2 Å². The van der Waals surface area contributed by atoms with E-state index in [1.807, 2.05) is 37.3 Å². The fourth-order valence-corrected chi connectivity index (χ4v) is 3.79. The van der Waals surface area contributed by atoms with E-state index in [2.05, 4.69) is 11.6 Å². The number of ether oxygens (including phenoxy) is 2. The molecule has 1 aromatic carbocycles. The van der Waals surface area contributed by atoms with Gasteiger partial charge in [-0.1, -0.05) is 36.9 Å². The Kier molecular flexibility index (Phi) is 8.22. The minimum atomic E-state index is -1.07. The molecule has 2 aliphatic rings. The molecule has 0 amide bonds. The third-order valence-corrected chi connectivity index (χ3v) is 5.73. The SMILES string of the molecule is C=C1CC[C@@H](Oc2ccc(B3OC(=O)CN(C)CC(=O)O3)cc2)C/C=C\C=C/1Oc1ccc(C)cn1. The highest BCUT2D eigenvalue weighted by Crippen LogP contribution is 2.24. The maximum atomic E-state index is 12.0. The Morgan fingerprint density at radius 1 is 1.08 bits per heavy atom. The van der Waals surface area contributed by atoms with E-state index in [1.165, 1.54) is 0 Å². The van der Waals surface area contributed by atoms with Gasteiger partial charge >= 0.3 is 19.1 Å². The number of allylic oxidation sites excluding steroid dienone is 3. The van der Waals surface area contributed by atoms with E-state index in [0.29, 0.717) is 35.7 Å². The number of hydrogen-bond donors (Lipinski definition) is 0. The van der Waals surface area contributed by atoms with Gasteiger partial charge in [-0.25, -0.2) is 4.98 Å². The van der Waals surface area contributed by atoms with Crippen LogP contribution >= 0.6 is 0 Å². The van der Waals surface area contributed by atoms with Crippen molar-refractivity contribution >= 4 is 24.5 Å². The van der Waals surface area contributed by atoms with Gasteiger partial charge in [0.25, 0.3) is 0 Å². The lowest BCUT2D eigenvalue weighted by molar-refractivity contribution is -0.145. The first-order valence-electron chi connectivity index (χ1n) is 11.9. The van der Waals surface area contributed by atoms with Crippen LogP contribution < -0.4 is 14.9 Å². The highest BCUT2D eigenvalue weighted by molar-refractivity contribution is 6.64. The standard InChI is InChI=1S/C27H29BN2O6/c1-19-8-15-25(29-16-19)34-24-7-5-4-6-22(12-9-20(24)2)33-23-13-10-21(11-14-23)28-35-26(31)17-30(3)18-27(32)36-28/h4-5,7-8,10-11,13-16,22H,2,6,9,12,17-18H2,1,3H3/b5-4-,24-7+/t22-/m0/s1. The summed E-state index contributed by atoms with van der Waals surface area (Å²) in [6, 6.07) is 10.8. The van der Waals surface area contributed by atoms with Crippen LogP contribution in [0.15, 0.2) is 78.7 Å². The molecule has 0 spiro atoms. The van der Waals surface area contributed by atoms with Gasteiger partial charge in [-0.2, -0.15) is 0 Å². The first-order valence-corrected chi connectivity index (χ1v) is 11.9. The molecule has 4 rings (SSSR count). The minimum Gasteiger partial charge on any atom is -0.494 e. The molecule has 0 bridgehead atoms. The molecule has 0 saturated carbocycles. The van der Waals surface area contributed by atoms with E-state index in [1.54, 1.807) is 42.4 Å². The smallest absolute Gasteiger partial charge is 0.494 e. The summed E-state index contributed by atoms with van der Waals surface area (Å²) in [4.78, 5) is 29.9. The molecular weight excluding hydrogens is 459 g/mol. The van der Waals surface area contributed by atoms with E-state index in [0.717, 1.165) is 17.6 Å². The Morgan fingerprint density at radius 3 is 2.47 bits per heavy atom. The van der Waals surface area contributed by atoms with Crippen molar-refractivity contribution in [2.24, 2.45) is 0 Å². The maximum absolute atomic E-state index is 12.0. The minimum absolute atomic E-state index is 0.0242. The first kappa shape index (κ1) is 25.3. The molecule has 8 nitrogen and oxygen atoms in total. The summed E-state index contributed by atoms with van der Waals surface area (Å²) in [5.41, 5.74) is 2.50. The van der Waals surface area contributed by atoms with Crippen molar-refractivity contribution in [3.8, 4) is 11.6 Å². The van der Waals surface area contributed by atoms with Crippen LogP contribution in [0.2, 0.25) is 0 Å². The number of benzene rings is 1. The van der Waals surface area contributed by atoms with Crippen molar-refractivity contribution in [1.29, 1.82) is 0 Å². The van der Waals surface area contributed by atoms with E-state index >= 15 is 0 Å². The van der Waals surface area contributed by atoms with Gasteiger partial charge in [0.15, 0.2) is 0 Å². The number of aromatic nitrogens is 1. The fraction of sp³-hybridized carbons (Fsp3) is 0.296. The second-order valence-electron chi connectivity index (χ2n) is 8.91. The molecule has 0 radical (unpaired) electrons. The van der Waals surface area contributed by atoms with Gasteiger partial charge in [0.1, 0.15) is 17.6 Å². The van der Waals surface area contributed by atoms with Crippen LogP contribution in [0.1, 0.15) is 24.8 Å². The summed E-state index contributed by atoms with van der Waals surface area (Å²) in [5.74, 6) is 0.966. The molecule has 0 unspecified atom stereocenters. The number of rotatable bonds is 5.